The summed E-state index contributed by atoms with van der Waals surface area (Å²) in [7, 11) is 0. The van der Waals surface area contributed by atoms with Gasteiger partial charge in [0, 0.05) is 17.7 Å². The van der Waals surface area contributed by atoms with Crippen molar-refractivity contribution < 1.29 is 9.72 Å². The van der Waals surface area contributed by atoms with E-state index in [0.717, 1.165) is 16.1 Å². The first-order valence-corrected chi connectivity index (χ1v) is 7.29. The zero-order chi connectivity index (χ0) is 16.6. The van der Waals surface area contributed by atoms with Crippen LogP contribution in [0, 0.1) is 10.1 Å². The second-order valence-corrected chi connectivity index (χ2v) is 5.62. The molecule has 2 heterocycles. The maximum Gasteiger partial charge on any atom is 0.287 e. The maximum absolute atomic E-state index is 12.3. The van der Waals surface area contributed by atoms with Crippen molar-refractivity contribution in [3.05, 3.63) is 44.8 Å². The summed E-state index contributed by atoms with van der Waals surface area (Å²) >= 11 is 7.11. The molecule has 9 nitrogen and oxygen atoms in total. The smallest absolute Gasteiger partial charge is 0.287 e. The lowest BCUT2D eigenvalue weighted by Gasteiger charge is -1.97. The molecule has 0 spiro atoms. The van der Waals surface area contributed by atoms with E-state index in [1.807, 2.05) is 0 Å². The first-order valence-electron chi connectivity index (χ1n) is 6.10. The normalized spacial score (nSPS) is 10.7. The Kier molecular flexibility index (Phi) is 3.76. The minimum Gasteiger partial charge on any atom is -0.287 e. The Morgan fingerprint density at radius 3 is 2.96 bits per heavy atom. The van der Waals surface area contributed by atoms with Gasteiger partial charge < -0.3 is 0 Å². The van der Waals surface area contributed by atoms with E-state index in [2.05, 4.69) is 27.3 Å². The minimum absolute atomic E-state index is 0.0297. The fraction of sp³-hybridized carbons (Fsp3) is 0. The summed E-state index contributed by atoms with van der Waals surface area (Å²) in [6, 6.07) is 4.48. The number of carbonyl (C=O) groups excluding carboxylic acids is 1. The zero-order valence-electron chi connectivity index (χ0n) is 11.3. The molecule has 1 N–H and O–H groups in total. The third-order valence-corrected chi connectivity index (χ3v) is 4.59. The average Bonchev–Trinajstić information content (AvgIpc) is 3.11. The predicted octanol–water partition coefficient (Wildman–Crippen LogP) is 2.80. The number of nitrogens with one attached hydrogen (secondary N) is 1. The predicted molar refractivity (Wildman–Crippen MR) is 85.6 cm³/mol. The standard InChI is InChI=1S/C12H7ClN6O3S/c1-2-18-16-12(15-17-18)14-11(20)10-8(13)6-4-3-5-7(19(21)22)9(6)23-10/h2-5H,1H2,(H,14,16,20). The molecule has 0 bridgehead atoms. The molecular weight excluding hydrogens is 344 g/mol. The van der Waals surface area contributed by atoms with E-state index in [0.29, 0.717) is 10.1 Å². The summed E-state index contributed by atoms with van der Waals surface area (Å²) in [4.78, 5) is 24.0. The van der Waals surface area contributed by atoms with E-state index in [4.69, 9.17) is 11.6 Å². The van der Waals surface area contributed by atoms with E-state index in [1.165, 1.54) is 18.3 Å². The van der Waals surface area contributed by atoms with Crippen LogP contribution in [0.1, 0.15) is 9.67 Å². The number of rotatable bonds is 4. The van der Waals surface area contributed by atoms with Crippen LogP contribution in [0.5, 0.6) is 0 Å². The molecule has 0 aliphatic carbocycles. The lowest BCUT2D eigenvalue weighted by Crippen LogP contribution is -2.12. The quantitative estimate of drug-likeness (QED) is 0.571. The minimum atomic E-state index is -0.575. The summed E-state index contributed by atoms with van der Waals surface area (Å²) in [5.41, 5.74) is -0.107. The summed E-state index contributed by atoms with van der Waals surface area (Å²) in [6.45, 7) is 3.45. The van der Waals surface area contributed by atoms with E-state index >= 15 is 0 Å². The van der Waals surface area contributed by atoms with Crippen LogP contribution in [0.2, 0.25) is 5.02 Å². The molecule has 0 saturated heterocycles. The number of benzene rings is 1. The number of anilines is 1. The summed E-state index contributed by atoms with van der Waals surface area (Å²) in [5.74, 6) is -0.605. The number of nitrogens with zero attached hydrogens (tertiary/aromatic N) is 5. The molecule has 1 amide bonds. The molecule has 23 heavy (non-hydrogen) atoms. The first kappa shape index (κ1) is 15.1. The fourth-order valence-electron chi connectivity index (χ4n) is 1.87. The molecule has 2 aromatic heterocycles. The Balaban J connectivity index is 2.00. The van der Waals surface area contributed by atoms with Crippen LogP contribution in [0.4, 0.5) is 11.6 Å². The van der Waals surface area contributed by atoms with Crippen LogP contribution < -0.4 is 5.32 Å². The van der Waals surface area contributed by atoms with Crippen molar-refractivity contribution in [2.45, 2.75) is 0 Å². The van der Waals surface area contributed by atoms with E-state index in [1.54, 1.807) is 6.07 Å². The molecule has 116 valence electrons. The number of tetrazole rings is 1. The molecule has 0 aliphatic rings. The van der Waals surface area contributed by atoms with Gasteiger partial charge in [-0.1, -0.05) is 35.4 Å². The lowest BCUT2D eigenvalue weighted by molar-refractivity contribution is -0.382. The van der Waals surface area contributed by atoms with Gasteiger partial charge in [-0.15, -0.1) is 21.2 Å². The summed E-state index contributed by atoms with van der Waals surface area (Å²) < 4.78 is 0.329. The van der Waals surface area contributed by atoms with Crippen molar-refractivity contribution in [3.63, 3.8) is 0 Å². The Labute approximate surface area is 137 Å². The second kappa shape index (κ2) is 5.74. The number of thiophene rings is 1. The number of fused-ring (bicyclic) bond motifs is 1. The van der Waals surface area contributed by atoms with Crippen molar-refractivity contribution in [3.8, 4) is 0 Å². The van der Waals surface area contributed by atoms with Crippen LogP contribution in [0.15, 0.2) is 24.8 Å². The van der Waals surface area contributed by atoms with Crippen molar-refractivity contribution in [1.82, 2.24) is 20.2 Å². The van der Waals surface area contributed by atoms with Crippen molar-refractivity contribution in [2.75, 3.05) is 5.32 Å². The third kappa shape index (κ3) is 2.64. The Morgan fingerprint density at radius 2 is 2.30 bits per heavy atom. The lowest BCUT2D eigenvalue weighted by atomic mass is 10.2. The van der Waals surface area contributed by atoms with Gasteiger partial charge in [-0.05, 0) is 5.21 Å². The summed E-state index contributed by atoms with van der Waals surface area (Å²) in [6.07, 6.45) is 1.30. The highest BCUT2D eigenvalue weighted by Gasteiger charge is 2.23. The number of nitro benzene ring substituents is 1. The van der Waals surface area contributed by atoms with Crippen LogP contribution in [0.3, 0.4) is 0 Å². The number of amides is 1. The Hall–Kier alpha value is -2.85. The van der Waals surface area contributed by atoms with E-state index in [-0.39, 0.29) is 21.5 Å². The number of halogens is 1. The molecular formula is C12H7ClN6O3S. The maximum atomic E-state index is 12.3. The largest absolute Gasteiger partial charge is 0.287 e. The topological polar surface area (TPSA) is 116 Å². The molecule has 1 aromatic carbocycles. The van der Waals surface area contributed by atoms with Gasteiger partial charge in [-0.25, -0.2) is 0 Å². The number of hydrogen-bond donors (Lipinski definition) is 1. The monoisotopic (exact) mass is 350 g/mol. The van der Waals surface area contributed by atoms with Crippen LogP contribution in [0.25, 0.3) is 16.3 Å². The molecule has 0 radical (unpaired) electrons. The summed E-state index contributed by atoms with van der Waals surface area (Å²) in [5, 5.41) is 25.1. The molecule has 0 atom stereocenters. The zero-order valence-corrected chi connectivity index (χ0v) is 12.8. The number of non-ortho nitro benzene ring substituents is 1. The van der Waals surface area contributed by atoms with Crippen molar-refractivity contribution in [1.29, 1.82) is 0 Å². The van der Waals surface area contributed by atoms with Crippen LogP contribution in [-0.4, -0.2) is 31.0 Å². The van der Waals surface area contributed by atoms with Crippen molar-refractivity contribution in [2.24, 2.45) is 0 Å². The first-order chi connectivity index (χ1) is 11.0. The van der Waals surface area contributed by atoms with Gasteiger partial charge in [0.1, 0.15) is 9.58 Å². The van der Waals surface area contributed by atoms with E-state index < -0.39 is 10.8 Å². The second-order valence-electron chi connectivity index (χ2n) is 4.23. The molecule has 3 aromatic rings. The number of hydrogen-bond acceptors (Lipinski definition) is 7. The number of aromatic nitrogens is 4. The Morgan fingerprint density at radius 1 is 1.52 bits per heavy atom. The van der Waals surface area contributed by atoms with Crippen LogP contribution >= 0.6 is 22.9 Å². The molecule has 0 saturated carbocycles. The molecule has 0 fully saturated rings. The Bertz CT molecular complexity index is 950. The van der Waals surface area contributed by atoms with Gasteiger partial charge in [-0.3, -0.25) is 20.2 Å². The highest BCUT2D eigenvalue weighted by atomic mass is 35.5. The van der Waals surface area contributed by atoms with Gasteiger partial charge in [-0.2, -0.15) is 0 Å². The average molecular weight is 351 g/mol. The third-order valence-electron chi connectivity index (χ3n) is 2.85. The molecule has 0 aliphatic heterocycles. The molecule has 11 heteroatoms. The van der Waals surface area contributed by atoms with Gasteiger partial charge in [0.2, 0.25) is 0 Å². The number of nitro groups is 1. The fourth-order valence-corrected chi connectivity index (χ4v) is 3.36. The molecule has 0 unspecified atom stereocenters. The van der Waals surface area contributed by atoms with Gasteiger partial charge in [0.25, 0.3) is 17.5 Å². The van der Waals surface area contributed by atoms with Crippen LogP contribution in [-0.2, 0) is 0 Å². The highest BCUT2D eigenvalue weighted by molar-refractivity contribution is 7.22. The van der Waals surface area contributed by atoms with Gasteiger partial charge >= 0.3 is 0 Å². The molecule has 3 rings (SSSR count). The SMILES string of the molecule is C=Cn1nnc(NC(=O)c2sc3c([N+](=O)[O-])cccc3c2Cl)n1. The van der Waals surface area contributed by atoms with E-state index in [9.17, 15) is 14.9 Å². The van der Waals surface area contributed by atoms with Gasteiger partial charge in [0.05, 0.1) is 9.95 Å². The van der Waals surface area contributed by atoms with Gasteiger partial charge in [0.15, 0.2) is 0 Å². The highest BCUT2D eigenvalue weighted by Crippen LogP contribution is 2.40. The van der Waals surface area contributed by atoms with Crippen molar-refractivity contribution >= 4 is 56.8 Å². The number of carbonyl (C=O) groups is 1.